The van der Waals surface area contributed by atoms with E-state index in [0.29, 0.717) is 0 Å². The number of anilines is 1. The Kier molecular flexibility index (Phi) is 3.85. The zero-order valence-electron chi connectivity index (χ0n) is 11.8. The van der Waals surface area contributed by atoms with Crippen molar-refractivity contribution in [1.29, 1.82) is 0 Å². The highest BCUT2D eigenvalue weighted by atomic mass is 16.5. The SMILES string of the molecule is CCNc1nc(C2(OC)CCCC2)nc(C)c1C. The second kappa shape index (κ2) is 5.22. The van der Waals surface area contributed by atoms with Gasteiger partial charge < -0.3 is 10.1 Å². The fourth-order valence-corrected chi connectivity index (χ4v) is 2.64. The molecule has 1 heterocycles. The highest BCUT2D eigenvalue weighted by Gasteiger charge is 2.39. The van der Waals surface area contributed by atoms with Gasteiger partial charge in [0.2, 0.25) is 0 Å². The van der Waals surface area contributed by atoms with Crippen LogP contribution in [0, 0.1) is 13.8 Å². The lowest BCUT2D eigenvalue weighted by Crippen LogP contribution is -2.28. The lowest BCUT2D eigenvalue weighted by Gasteiger charge is -2.27. The van der Waals surface area contributed by atoms with Crippen molar-refractivity contribution >= 4 is 5.82 Å². The Balaban J connectivity index is 2.44. The smallest absolute Gasteiger partial charge is 0.162 e. The van der Waals surface area contributed by atoms with E-state index in [2.05, 4.69) is 24.1 Å². The number of ether oxygens (including phenoxy) is 1. The number of hydrogen-bond acceptors (Lipinski definition) is 4. The standard InChI is InChI=1S/C14H23N3O/c1-5-15-12-10(2)11(3)16-13(17-12)14(18-4)8-6-7-9-14/h5-9H2,1-4H3,(H,15,16,17). The van der Waals surface area contributed by atoms with Crippen LogP contribution in [0.4, 0.5) is 5.82 Å². The van der Waals surface area contributed by atoms with Crippen LogP contribution in [0.2, 0.25) is 0 Å². The topological polar surface area (TPSA) is 47.0 Å². The van der Waals surface area contributed by atoms with Crippen molar-refractivity contribution in [3.8, 4) is 0 Å². The van der Waals surface area contributed by atoms with E-state index in [4.69, 9.17) is 9.72 Å². The third-order valence-electron chi connectivity index (χ3n) is 3.94. The first-order valence-corrected chi connectivity index (χ1v) is 6.77. The molecule has 1 fully saturated rings. The van der Waals surface area contributed by atoms with Crippen molar-refractivity contribution in [2.45, 2.75) is 52.1 Å². The first-order valence-electron chi connectivity index (χ1n) is 6.77. The Morgan fingerprint density at radius 2 is 1.89 bits per heavy atom. The van der Waals surface area contributed by atoms with E-state index in [9.17, 15) is 0 Å². The van der Waals surface area contributed by atoms with Crippen LogP contribution in [0.15, 0.2) is 0 Å². The molecule has 4 nitrogen and oxygen atoms in total. The summed E-state index contributed by atoms with van der Waals surface area (Å²) in [6.45, 7) is 7.06. The summed E-state index contributed by atoms with van der Waals surface area (Å²) in [4.78, 5) is 9.37. The van der Waals surface area contributed by atoms with E-state index in [1.54, 1.807) is 7.11 Å². The summed E-state index contributed by atoms with van der Waals surface area (Å²) in [6.07, 6.45) is 4.44. The molecule has 100 valence electrons. The first-order chi connectivity index (χ1) is 8.63. The van der Waals surface area contributed by atoms with Gasteiger partial charge in [-0.15, -0.1) is 0 Å². The van der Waals surface area contributed by atoms with Gasteiger partial charge in [-0.3, -0.25) is 0 Å². The molecule has 18 heavy (non-hydrogen) atoms. The van der Waals surface area contributed by atoms with Crippen molar-refractivity contribution in [3.05, 3.63) is 17.1 Å². The molecule has 2 rings (SSSR count). The highest BCUT2D eigenvalue weighted by molar-refractivity contribution is 5.45. The minimum atomic E-state index is -0.261. The lowest BCUT2D eigenvalue weighted by molar-refractivity contribution is -0.0163. The predicted molar refractivity (Wildman–Crippen MR) is 72.8 cm³/mol. The van der Waals surface area contributed by atoms with E-state index >= 15 is 0 Å². The predicted octanol–water partition coefficient (Wildman–Crippen LogP) is 2.94. The zero-order chi connectivity index (χ0) is 13.2. The second-order valence-corrected chi connectivity index (χ2v) is 5.04. The highest BCUT2D eigenvalue weighted by Crippen LogP contribution is 2.40. The molecule has 0 bridgehead atoms. The summed E-state index contributed by atoms with van der Waals surface area (Å²) in [7, 11) is 1.77. The number of hydrogen-bond donors (Lipinski definition) is 1. The fraction of sp³-hybridized carbons (Fsp3) is 0.714. The van der Waals surface area contributed by atoms with Crippen LogP contribution in [0.3, 0.4) is 0 Å². The van der Waals surface area contributed by atoms with E-state index in [0.717, 1.165) is 42.3 Å². The van der Waals surface area contributed by atoms with Crippen LogP contribution >= 0.6 is 0 Å². The Hall–Kier alpha value is -1.16. The van der Waals surface area contributed by atoms with E-state index in [1.807, 2.05) is 6.92 Å². The van der Waals surface area contributed by atoms with Gasteiger partial charge in [0.05, 0.1) is 0 Å². The fourth-order valence-electron chi connectivity index (χ4n) is 2.64. The lowest BCUT2D eigenvalue weighted by atomic mass is 10.0. The van der Waals surface area contributed by atoms with Crippen molar-refractivity contribution in [1.82, 2.24) is 9.97 Å². The molecule has 0 aliphatic heterocycles. The summed E-state index contributed by atoms with van der Waals surface area (Å²) >= 11 is 0. The van der Waals surface area contributed by atoms with Crippen molar-refractivity contribution in [2.24, 2.45) is 0 Å². The molecule has 1 aromatic rings. The number of methoxy groups -OCH3 is 1. The molecule has 1 N–H and O–H groups in total. The molecule has 1 aliphatic rings. The van der Waals surface area contributed by atoms with Gasteiger partial charge in [0, 0.05) is 24.9 Å². The molecule has 0 atom stereocenters. The summed E-state index contributed by atoms with van der Waals surface area (Å²) in [5.41, 5.74) is 1.91. The maximum absolute atomic E-state index is 5.76. The maximum atomic E-state index is 5.76. The van der Waals surface area contributed by atoms with Crippen molar-refractivity contribution < 1.29 is 4.74 Å². The normalized spacial score (nSPS) is 18.0. The van der Waals surface area contributed by atoms with Crippen LogP contribution in [0.25, 0.3) is 0 Å². The molecule has 0 amide bonds. The Morgan fingerprint density at radius 3 is 2.44 bits per heavy atom. The van der Waals surface area contributed by atoms with Crippen molar-refractivity contribution in [3.63, 3.8) is 0 Å². The third-order valence-corrected chi connectivity index (χ3v) is 3.94. The average molecular weight is 249 g/mol. The Morgan fingerprint density at radius 1 is 1.22 bits per heavy atom. The third kappa shape index (κ3) is 2.21. The molecular weight excluding hydrogens is 226 g/mol. The number of nitrogens with one attached hydrogen (secondary N) is 1. The van der Waals surface area contributed by atoms with Gasteiger partial charge in [-0.25, -0.2) is 9.97 Å². The van der Waals surface area contributed by atoms with Crippen LogP contribution in [0.1, 0.15) is 49.7 Å². The summed E-state index contributed by atoms with van der Waals surface area (Å²) in [5.74, 6) is 1.80. The Bertz CT molecular complexity index is 425. The zero-order valence-corrected chi connectivity index (χ0v) is 11.8. The van der Waals surface area contributed by atoms with Crippen LogP contribution in [0.5, 0.6) is 0 Å². The molecule has 4 heteroatoms. The van der Waals surface area contributed by atoms with Crippen LogP contribution in [-0.4, -0.2) is 23.6 Å². The molecule has 1 saturated carbocycles. The number of rotatable bonds is 4. The Labute approximate surface area is 109 Å². The molecule has 0 aromatic carbocycles. The van der Waals surface area contributed by atoms with E-state index in [-0.39, 0.29) is 5.60 Å². The van der Waals surface area contributed by atoms with Gasteiger partial charge in [0.25, 0.3) is 0 Å². The number of aromatic nitrogens is 2. The molecule has 0 unspecified atom stereocenters. The van der Waals surface area contributed by atoms with Gasteiger partial charge in [-0.1, -0.05) is 0 Å². The van der Waals surface area contributed by atoms with Crippen LogP contribution in [-0.2, 0) is 10.3 Å². The summed E-state index contributed by atoms with van der Waals surface area (Å²) in [6, 6.07) is 0. The van der Waals surface area contributed by atoms with Gasteiger partial charge in [-0.2, -0.15) is 0 Å². The largest absolute Gasteiger partial charge is 0.370 e. The minimum Gasteiger partial charge on any atom is -0.370 e. The first kappa shape index (κ1) is 13.3. The van der Waals surface area contributed by atoms with Crippen molar-refractivity contribution in [2.75, 3.05) is 19.0 Å². The van der Waals surface area contributed by atoms with Gasteiger partial charge in [0.1, 0.15) is 11.4 Å². The van der Waals surface area contributed by atoms with Gasteiger partial charge in [0.15, 0.2) is 5.82 Å². The maximum Gasteiger partial charge on any atom is 0.162 e. The quantitative estimate of drug-likeness (QED) is 0.891. The van der Waals surface area contributed by atoms with E-state index in [1.165, 1.54) is 12.8 Å². The molecule has 0 spiro atoms. The molecule has 1 aliphatic carbocycles. The second-order valence-electron chi connectivity index (χ2n) is 5.04. The molecular formula is C14H23N3O. The van der Waals surface area contributed by atoms with Gasteiger partial charge >= 0.3 is 0 Å². The summed E-state index contributed by atoms with van der Waals surface area (Å²) < 4.78 is 5.76. The monoisotopic (exact) mass is 249 g/mol. The summed E-state index contributed by atoms with van der Waals surface area (Å²) in [5, 5.41) is 3.32. The molecule has 1 aromatic heterocycles. The number of nitrogens with zero attached hydrogens (tertiary/aromatic N) is 2. The molecule has 0 radical (unpaired) electrons. The van der Waals surface area contributed by atoms with E-state index < -0.39 is 0 Å². The number of aryl methyl sites for hydroxylation is 1. The van der Waals surface area contributed by atoms with Crippen LogP contribution < -0.4 is 5.32 Å². The minimum absolute atomic E-state index is 0.261. The average Bonchev–Trinajstić information content (AvgIpc) is 2.85. The molecule has 0 saturated heterocycles. The van der Waals surface area contributed by atoms with Gasteiger partial charge in [-0.05, 0) is 46.5 Å².